The summed E-state index contributed by atoms with van der Waals surface area (Å²) in [5, 5.41) is 4.82. The summed E-state index contributed by atoms with van der Waals surface area (Å²) in [6, 6.07) is 0.633. The second-order valence-electron chi connectivity index (χ2n) is 4.76. The first kappa shape index (κ1) is 10.7. The topological polar surface area (TPSA) is 43.8 Å². The first-order valence-corrected chi connectivity index (χ1v) is 7.42. The van der Waals surface area contributed by atoms with E-state index < -0.39 is 0 Å². The zero-order valence-electron chi connectivity index (χ0n) is 9.61. The molecule has 0 radical (unpaired) electrons. The van der Waals surface area contributed by atoms with Crippen molar-refractivity contribution < 1.29 is 0 Å². The third-order valence-electron chi connectivity index (χ3n) is 3.80. The highest BCUT2D eigenvalue weighted by Gasteiger charge is 2.25. The quantitative estimate of drug-likeness (QED) is 0.858. The molecule has 88 valence electrons. The van der Waals surface area contributed by atoms with E-state index in [4.69, 9.17) is 10.8 Å². The van der Waals surface area contributed by atoms with Crippen LogP contribution in [0, 0.1) is 0 Å². The Morgan fingerprint density at radius 3 is 2.94 bits per heavy atom. The Bertz CT molecular complexity index is 380. The number of aromatic nitrogens is 2. The zero-order valence-corrected chi connectivity index (χ0v) is 10.4. The van der Waals surface area contributed by atoms with Gasteiger partial charge in [-0.2, -0.15) is 16.9 Å². The average molecular weight is 237 g/mol. The molecule has 0 spiro atoms. The molecule has 3 nitrogen and oxygen atoms in total. The molecule has 2 aliphatic rings. The molecule has 3 rings (SSSR count). The van der Waals surface area contributed by atoms with E-state index in [1.165, 1.54) is 54.8 Å². The lowest BCUT2D eigenvalue weighted by Crippen LogP contribution is -2.14. The van der Waals surface area contributed by atoms with Crippen LogP contribution in [0.15, 0.2) is 0 Å². The van der Waals surface area contributed by atoms with E-state index in [1.807, 2.05) is 11.8 Å². The molecule has 1 aliphatic heterocycles. The maximum atomic E-state index is 5.92. The Morgan fingerprint density at radius 1 is 1.38 bits per heavy atom. The third-order valence-corrected chi connectivity index (χ3v) is 4.77. The van der Waals surface area contributed by atoms with Crippen LogP contribution in [-0.4, -0.2) is 15.5 Å². The van der Waals surface area contributed by atoms with Crippen molar-refractivity contribution in [3.63, 3.8) is 0 Å². The highest BCUT2D eigenvalue weighted by Crippen LogP contribution is 2.34. The van der Waals surface area contributed by atoms with Crippen LogP contribution in [0.25, 0.3) is 0 Å². The number of fused-ring (bicyclic) bond motifs is 1. The van der Waals surface area contributed by atoms with Gasteiger partial charge < -0.3 is 5.73 Å². The van der Waals surface area contributed by atoms with Crippen LogP contribution in [0.5, 0.6) is 0 Å². The summed E-state index contributed by atoms with van der Waals surface area (Å²) in [6.45, 7) is 0.656. The molecule has 1 aliphatic carbocycles. The lowest BCUT2D eigenvalue weighted by Gasteiger charge is -2.14. The molecule has 0 atom stereocenters. The third kappa shape index (κ3) is 1.68. The van der Waals surface area contributed by atoms with Gasteiger partial charge in [-0.05, 0) is 30.6 Å². The summed E-state index contributed by atoms with van der Waals surface area (Å²) in [7, 11) is 0. The maximum absolute atomic E-state index is 5.92. The minimum Gasteiger partial charge on any atom is -0.325 e. The van der Waals surface area contributed by atoms with Crippen LogP contribution in [0.2, 0.25) is 0 Å². The van der Waals surface area contributed by atoms with E-state index in [-0.39, 0.29) is 0 Å². The van der Waals surface area contributed by atoms with Gasteiger partial charge in [0.15, 0.2) is 0 Å². The van der Waals surface area contributed by atoms with Crippen molar-refractivity contribution in [2.45, 2.75) is 50.4 Å². The Labute approximate surface area is 101 Å². The molecule has 0 unspecified atom stereocenters. The summed E-state index contributed by atoms with van der Waals surface area (Å²) in [4.78, 5) is 0. The molecular formula is C12H19N3S. The van der Waals surface area contributed by atoms with Crippen LogP contribution in [0.3, 0.4) is 0 Å². The smallest absolute Gasteiger partial charge is 0.0759 e. The Kier molecular flexibility index (Phi) is 2.94. The molecule has 0 bridgehead atoms. The molecular weight excluding hydrogens is 218 g/mol. The average Bonchev–Trinajstić information content (AvgIpc) is 2.95. The predicted molar refractivity (Wildman–Crippen MR) is 67.5 cm³/mol. The molecule has 1 fully saturated rings. The largest absolute Gasteiger partial charge is 0.325 e. The summed E-state index contributed by atoms with van der Waals surface area (Å²) in [5.74, 6) is 2.32. The molecule has 0 aromatic carbocycles. The Balaban J connectivity index is 1.99. The van der Waals surface area contributed by atoms with E-state index in [0.29, 0.717) is 12.6 Å². The standard InChI is InChI=1S/C12H19N3S/c13-7-12-10-5-6-16-8-11(10)14-15(12)9-3-1-2-4-9/h9H,1-8,13H2. The van der Waals surface area contributed by atoms with E-state index in [2.05, 4.69) is 4.68 Å². The van der Waals surface area contributed by atoms with Crippen molar-refractivity contribution in [1.29, 1.82) is 0 Å². The molecule has 2 heterocycles. The lowest BCUT2D eigenvalue weighted by molar-refractivity contribution is 0.447. The second-order valence-corrected chi connectivity index (χ2v) is 5.87. The lowest BCUT2D eigenvalue weighted by atomic mass is 10.1. The number of hydrogen-bond acceptors (Lipinski definition) is 3. The fourth-order valence-electron chi connectivity index (χ4n) is 2.97. The zero-order chi connectivity index (χ0) is 11.0. The normalized spacial score (nSPS) is 21.3. The Morgan fingerprint density at radius 2 is 2.19 bits per heavy atom. The summed E-state index contributed by atoms with van der Waals surface area (Å²) in [6.07, 6.45) is 6.46. The predicted octanol–water partition coefficient (Wildman–Crippen LogP) is 2.25. The van der Waals surface area contributed by atoms with Crippen molar-refractivity contribution in [3.05, 3.63) is 17.0 Å². The number of rotatable bonds is 2. The van der Waals surface area contributed by atoms with Crippen molar-refractivity contribution >= 4 is 11.8 Å². The number of nitrogens with zero attached hydrogens (tertiary/aromatic N) is 2. The van der Waals surface area contributed by atoms with Gasteiger partial charge in [-0.15, -0.1) is 0 Å². The van der Waals surface area contributed by atoms with Gasteiger partial charge in [0.05, 0.1) is 17.4 Å². The van der Waals surface area contributed by atoms with E-state index in [0.717, 1.165) is 5.75 Å². The minimum atomic E-state index is 0.633. The van der Waals surface area contributed by atoms with Crippen molar-refractivity contribution in [2.75, 3.05) is 5.75 Å². The number of thioether (sulfide) groups is 1. The summed E-state index contributed by atoms with van der Waals surface area (Å²) < 4.78 is 2.27. The van der Waals surface area contributed by atoms with Gasteiger partial charge in [0.25, 0.3) is 0 Å². The van der Waals surface area contributed by atoms with E-state index in [1.54, 1.807) is 0 Å². The molecule has 0 saturated heterocycles. The van der Waals surface area contributed by atoms with Gasteiger partial charge in [-0.1, -0.05) is 12.8 Å². The summed E-state index contributed by atoms with van der Waals surface area (Å²) >= 11 is 2.00. The second kappa shape index (κ2) is 4.41. The fourth-order valence-corrected chi connectivity index (χ4v) is 3.89. The molecule has 1 saturated carbocycles. The number of nitrogens with two attached hydrogens (primary N) is 1. The Hall–Kier alpha value is -0.480. The van der Waals surface area contributed by atoms with E-state index in [9.17, 15) is 0 Å². The molecule has 16 heavy (non-hydrogen) atoms. The van der Waals surface area contributed by atoms with Crippen LogP contribution in [0.1, 0.15) is 48.7 Å². The van der Waals surface area contributed by atoms with Crippen LogP contribution in [0.4, 0.5) is 0 Å². The fraction of sp³-hybridized carbons (Fsp3) is 0.750. The summed E-state index contributed by atoms with van der Waals surface area (Å²) in [5.41, 5.74) is 10.0. The van der Waals surface area contributed by atoms with Crippen LogP contribution >= 0.6 is 11.8 Å². The first-order valence-electron chi connectivity index (χ1n) is 6.27. The van der Waals surface area contributed by atoms with Crippen molar-refractivity contribution in [2.24, 2.45) is 5.73 Å². The SMILES string of the molecule is NCc1c2c(nn1C1CCCC1)CSCC2. The molecule has 1 aromatic rings. The highest BCUT2D eigenvalue weighted by molar-refractivity contribution is 7.98. The van der Waals surface area contributed by atoms with Crippen LogP contribution in [-0.2, 0) is 18.7 Å². The van der Waals surface area contributed by atoms with Gasteiger partial charge in [-0.3, -0.25) is 4.68 Å². The maximum Gasteiger partial charge on any atom is 0.0759 e. The number of hydrogen-bond donors (Lipinski definition) is 1. The molecule has 4 heteroatoms. The molecule has 1 aromatic heterocycles. The van der Waals surface area contributed by atoms with Crippen molar-refractivity contribution in [3.8, 4) is 0 Å². The van der Waals surface area contributed by atoms with Gasteiger partial charge >= 0.3 is 0 Å². The highest BCUT2D eigenvalue weighted by atomic mass is 32.2. The van der Waals surface area contributed by atoms with Crippen molar-refractivity contribution in [1.82, 2.24) is 9.78 Å². The van der Waals surface area contributed by atoms with Gasteiger partial charge in [0.1, 0.15) is 0 Å². The molecule has 2 N–H and O–H groups in total. The van der Waals surface area contributed by atoms with E-state index >= 15 is 0 Å². The first-order chi connectivity index (χ1) is 7.90. The van der Waals surface area contributed by atoms with Crippen LogP contribution < -0.4 is 5.73 Å². The minimum absolute atomic E-state index is 0.633. The monoisotopic (exact) mass is 237 g/mol. The molecule has 0 amide bonds. The van der Waals surface area contributed by atoms with Gasteiger partial charge in [-0.25, -0.2) is 0 Å². The van der Waals surface area contributed by atoms with Gasteiger partial charge in [0, 0.05) is 12.3 Å². The van der Waals surface area contributed by atoms with Gasteiger partial charge in [0.2, 0.25) is 0 Å².